The molecule has 1 aromatic heterocycles. The van der Waals surface area contributed by atoms with Gasteiger partial charge in [-0.3, -0.25) is 0 Å². The first-order valence-electron chi connectivity index (χ1n) is 5.46. The van der Waals surface area contributed by atoms with Crippen molar-refractivity contribution < 1.29 is 5.11 Å². The monoisotopic (exact) mass is 241 g/mol. The van der Waals surface area contributed by atoms with Crippen molar-refractivity contribution in [2.45, 2.75) is 31.0 Å². The van der Waals surface area contributed by atoms with Crippen LogP contribution in [0.15, 0.2) is 23.6 Å². The first kappa shape index (κ1) is 13.4. The number of rotatable bonds is 7. The highest BCUT2D eigenvalue weighted by molar-refractivity contribution is 7.99. The maximum Gasteiger partial charge on any atom is 0.187 e. The predicted octanol–water partition coefficient (Wildman–Crippen LogP) is 1.32. The third kappa shape index (κ3) is 4.47. The summed E-state index contributed by atoms with van der Waals surface area (Å²) in [6.07, 6.45) is 4.51. The lowest BCUT2D eigenvalue weighted by atomic mass is 10.1. The smallest absolute Gasteiger partial charge is 0.187 e. The molecule has 1 aromatic rings. The van der Waals surface area contributed by atoms with Crippen LogP contribution in [0.5, 0.6) is 0 Å². The van der Waals surface area contributed by atoms with E-state index in [1.165, 1.54) is 0 Å². The molecule has 0 amide bonds. The topological polar surface area (TPSA) is 58.0 Å². The Hall–Kier alpha value is -0.650. The second-order valence-electron chi connectivity index (χ2n) is 3.97. The molecule has 2 N–H and O–H groups in total. The van der Waals surface area contributed by atoms with Crippen LogP contribution in [-0.2, 0) is 0 Å². The summed E-state index contributed by atoms with van der Waals surface area (Å²) in [6.45, 7) is 5.15. The van der Waals surface area contributed by atoms with E-state index in [4.69, 9.17) is 0 Å². The SMILES string of the molecule is CCCNC(C)(CO)CSc1ncccn1. The molecule has 1 rings (SSSR count). The second kappa shape index (κ2) is 6.83. The largest absolute Gasteiger partial charge is 0.394 e. The van der Waals surface area contributed by atoms with Crippen molar-refractivity contribution in [3.8, 4) is 0 Å². The Morgan fingerprint density at radius 2 is 2.12 bits per heavy atom. The van der Waals surface area contributed by atoms with Crippen molar-refractivity contribution in [2.75, 3.05) is 18.9 Å². The Kier molecular flexibility index (Phi) is 5.73. The Labute approximate surface area is 101 Å². The molecule has 5 heteroatoms. The molecule has 1 unspecified atom stereocenters. The van der Waals surface area contributed by atoms with Crippen LogP contribution in [0.3, 0.4) is 0 Å². The molecule has 1 heterocycles. The van der Waals surface area contributed by atoms with Crippen LogP contribution < -0.4 is 5.32 Å². The van der Waals surface area contributed by atoms with E-state index in [-0.39, 0.29) is 12.1 Å². The maximum atomic E-state index is 9.37. The Morgan fingerprint density at radius 3 is 2.69 bits per heavy atom. The molecular weight excluding hydrogens is 222 g/mol. The third-order valence-electron chi connectivity index (χ3n) is 2.21. The first-order chi connectivity index (χ1) is 7.70. The van der Waals surface area contributed by atoms with Crippen molar-refractivity contribution in [3.63, 3.8) is 0 Å². The van der Waals surface area contributed by atoms with Gasteiger partial charge in [0.1, 0.15) is 0 Å². The fourth-order valence-electron chi connectivity index (χ4n) is 1.16. The highest BCUT2D eigenvalue weighted by atomic mass is 32.2. The molecule has 90 valence electrons. The van der Waals surface area contributed by atoms with Crippen molar-refractivity contribution >= 4 is 11.8 Å². The summed E-state index contributed by atoms with van der Waals surface area (Å²) in [6, 6.07) is 1.80. The molecular formula is C11H19N3OS. The van der Waals surface area contributed by atoms with Gasteiger partial charge < -0.3 is 10.4 Å². The number of aromatic nitrogens is 2. The molecule has 4 nitrogen and oxygen atoms in total. The van der Waals surface area contributed by atoms with Gasteiger partial charge in [0.2, 0.25) is 0 Å². The Balaban J connectivity index is 2.44. The average molecular weight is 241 g/mol. The second-order valence-corrected chi connectivity index (χ2v) is 4.91. The number of aliphatic hydroxyl groups is 1. The fraction of sp³-hybridized carbons (Fsp3) is 0.636. The summed E-state index contributed by atoms with van der Waals surface area (Å²) in [5.41, 5.74) is -0.264. The summed E-state index contributed by atoms with van der Waals surface area (Å²) in [7, 11) is 0. The molecule has 0 aliphatic carbocycles. The molecule has 0 aromatic carbocycles. The number of hydrogen-bond acceptors (Lipinski definition) is 5. The average Bonchev–Trinajstić information content (AvgIpc) is 2.35. The van der Waals surface area contributed by atoms with Crippen molar-refractivity contribution in [1.29, 1.82) is 0 Å². The summed E-state index contributed by atoms with van der Waals surface area (Å²) in [4.78, 5) is 8.28. The zero-order chi connectivity index (χ0) is 11.9. The van der Waals surface area contributed by atoms with Gasteiger partial charge in [-0.15, -0.1) is 0 Å². The summed E-state index contributed by atoms with van der Waals surface area (Å²) in [5, 5.41) is 13.5. The van der Waals surface area contributed by atoms with E-state index in [0.29, 0.717) is 0 Å². The van der Waals surface area contributed by atoms with Gasteiger partial charge in [-0.05, 0) is 26.0 Å². The van der Waals surface area contributed by atoms with Crippen LogP contribution in [0.25, 0.3) is 0 Å². The molecule has 0 saturated carbocycles. The van der Waals surface area contributed by atoms with Crippen molar-refractivity contribution in [1.82, 2.24) is 15.3 Å². The Bertz CT molecular complexity index is 297. The lowest BCUT2D eigenvalue weighted by molar-refractivity contribution is 0.192. The standard InChI is InChI=1S/C11H19N3OS/c1-3-5-14-11(2,8-15)9-16-10-12-6-4-7-13-10/h4,6-7,14-15H,3,5,8-9H2,1-2H3. The normalized spacial score (nSPS) is 14.7. The van der Waals surface area contributed by atoms with E-state index in [9.17, 15) is 5.11 Å². The van der Waals surface area contributed by atoms with Crippen molar-refractivity contribution in [3.05, 3.63) is 18.5 Å². The summed E-state index contributed by atoms with van der Waals surface area (Å²) >= 11 is 1.56. The zero-order valence-electron chi connectivity index (χ0n) is 9.81. The van der Waals surface area contributed by atoms with Gasteiger partial charge in [-0.1, -0.05) is 18.7 Å². The van der Waals surface area contributed by atoms with Gasteiger partial charge in [0.25, 0.3) is 0 Å². The van der Waals surface area contributed by atoms with Gasteiger partial charge in [-0.2, -0.15) is 0 Å². The minimum Gasteiger partial charge on any atom is -0.394 e. The number of hydrogen-bond donors (Lipinski definition) is 2. The highest BCUT2D eigenvalue weighted by Gasteiger charge is 2.22. The summed E-state index contributed by atoms with van der Waals surface area (Å²) < 4.78 is 0. The lowest BCUT2D eigenvalue weighted by Crippen LogP contribution is -2.48. The van der Waals surface area contributed by atoms with Crippen LogP contribution in [-0.4, -0.2) is 39.5 Å². The van der Waals surface area contributed by atoms with Crippen LogP contribution in [0.1, 0.15) is 20.3 Å². The van der Waals surface area contributed by atoms with E-state index < -0.39 is 0 Å². The fourth-order valence-corrected chi connectivity index (χ4v) is 2.07. The van der Waals surface area contributed by atoms with Crippen LogP contribution >= 0.6 is 11.8 Å². The number of aliphatic hydroxyl groups excluding tert-OH is 1. The van der Waals surface area contributed by atoms with E-state index in [1.54, 1.807) is 30.2 Å². The van der Waals surface area contributed by atoms with E-state index in [2.05, 4.69) is 22.2 Å². The molecule has 1 atom stereocenters. The lowest BCUT2D eigenvalue weighted by Gasteiger charge is -2.27. The first-order valence-corrected chi connectivity index (χ1v) is 6.44. The minimum atomic E-state index is -0.264. The number of thioether (sulfide) groups is 1. The molecule has 0 radical (unpaired) electrons. The van der Waals surface area contributed by atoms with Crippen LogP contribution in [0.4, 0.5) is 0 Å². The summed E-state index contributed by atoms with van der Waals surface area (Å²) in [5.74, 6) is 0.757. The number of nitrogens with zero attached hydrogens (tertiary/aromatic N) is 2. The molecule has 16 heavy (non-hydrogen) atoms. The molecule has 0 aliphatic rings. The molecule has 0 bridgehead atoms. The van der Waals surface area contributed by atoms with Gasteiger partial charge in [0.15, 0.2) is 5.16 Å². The van der Waals surface area contributed by atoms with Gasteiger partial charge in [0.05, 0.1) is 6.61 Å². The third-order valence-corrected chi connectivity index (χ3v) is 3.46. The zero-order valence-corrected chi connectivity index (χ0v) is 10.6. The predicted molar refractivity (Wildman–Crippen MR) is 66.5 cm³/mol. The number of nitrogens with one attached hydrogen (secondary N) is 1. The van der Waals surface area contributed by atoms with Gasteiger partial charge in [0, 0.05) is 23.7 Å². The molecule has 0 saturated heterocycles. The van der Waals surface area contributed by atoms with Gasteiger partial charge >= 0.3 is 0 Å². The van der Waals surface area contributed by atoms with E-state index in [0.717, 1.165) is 23.9 Å². The Morgan fingerprint density at radius 1 is 1.44 bits per heavy atom. The molecule has 0 spiro atoms. The minimum absolute atomic E-state index is 0.118. The van der Waals surface area contributed by atoms with Crippen LogP contribution in [0, 0.1) is 0 Å². The molecule has 0 aliphatic heterocycles. The van der Waals surface area contributed by atoms with Gasteiger partial charge in [-0.25, -0.2) is 9.97 Å². The highest BCUT2D eigenvalue weighted by Crippen LogP contribution is 2.18. The van der Waals surface area contributed by atoms with E-state index >= 15 is 0 Å². The quantitative estimate of drug-likeness (QED) is 0.557. The van der Waals surface area contributed by atoms with Crippen molar-refractivity contribution in [2.24, 2.45) is 0 Å². The van der Waals surface area contributed by atoms with Crippen LogP contribution in [0.2, 0.25) is 0 Å². The maximum absolute atomic E-state index is 9.37. The van der Waals surface area contributed by atoms with E-state index in [1.807, 2.05) is 6.92 Å². The molecule has 0 fully saturated rings.